The maximum atomic E-state index is 13.3. The van der Waals surface area contributed by atoms with Crippen LogP contribution < -0.4 is 5.32 Å². The molecule has 0 bridgehead atoms. The second kappa shape index (κ2) is 5.57. The predicted octanol–water partition coefficient (Wildman–Crippen LogP) is 3.45. The first kappa shape index (κ1) is 13.1. The largest absolute Gasteiger partial charge is 0.346 e. The van der Waals surface area contributed by atoms with E-state index in [9.17, 15) is 9.18 Å². The zero-order valence-electron chi connectivity index (χ0n) is 10.5. The Morgan fingerprint density at radius 1 is 1.50 bits per heavy atom. The molecule has 0 radical (unpaired) electrons. The van der Waals surface area contributed by atoms with Gasteiger partial charge >= 0.3 is 0 Å². The first-order chi connectivity index (χ1) is 8.56. The summed E-state index contributed by atoms with van der Waals surface area (Å²) in [6.45, 7) is 3.76. The van der Waals surface area contributed by atoms with Crippen molar-refractivity contribution in [3.05, 3.63) is 41.2 Å². The molecule has 1 N–H and O–H groups in total. The summed E-state index contributed by atoms with van der Waals surface area (Å²) in [6.07, 6.45) is 2.41. The van der Waals surface area contributed by atoms with E-state index >= 15 is 0 Å². The molecular formula is C14H16FNOS. The monoisotopic (exact) mass is 265 g/mol. The van der Waals surface area contributed by atoms with Crippen molar-refractivity contribution >= 4 is 17.7 Å². The Morgan fingerprint density at radius 3 is 3.00 bits per heavy atom. The molecular weight excluding hydrogens is 249 g/mol. The lowest BCUT2D eigenvalue weighted by molar-refractivity contribution is -0.117. The molecule has 0 aromatic heterocycles. The molecule has 96 valence electrons. The van der Waals surface area contributed by atoms with Crippen LogP contribution in [0.4, 0.5) is 4.39 Å². The Hall–Kier alpha value is -1.29. The molecule has 4 heteroatoms. The standard InChI is InChI=1S/C14H16FNOS/c1-9(2)7-14(17)16-12-5-6-18-13-4-3-10(15)8-11(12)13/h3-4,7-8,12H,5-6H2,1-2H3,(H,16,17). The van der Waals surface area contributed by atoms with Gasteiger partial charge in [0.1, 0.15) is 5.82 Å². The predicted molar refractivity (Wildman–Crippen MR) is 72.1 cm³/mol. The van der Waals surface area contributed by atoms with Crippen LogP contribution >= 0.6 is 11.8 Å². The molecule has 0 aliphatic carbocycles. The summed E-state index contributed by atoms with van der Waals surface area (Å²) in [7, 11) is 0. The van der Waals surface area contributed by atoms with E-state index in [0.717, 1.165) is 28.2 Å². The minimum absolute atomic E-state index is 0.0833. The van der Waals surface area contributed by atoms with Crippen molar-refractivity contribution in [1.82, 2.24) is 5.32 Å². The highest BCUT2D eigenvalue weighted by atomic mass is 32.2. The van der Waals surface area contributed by atoms with Crippen molar-refractivity contribution in [2.24, 2.45) is 0 Å². The van der Waals surface area contributed by atoms with Crippen LogP contribution in [0, 0.1) is 5.82 Å². The summed E-state index contributed by atoms with van der Waals surface area (Å²) in [5, 5.41) is 2.94. The molecule has 0 fully saturated rings. The molecule has 1 amide bonds. The van der Waals surface area contributed by atoms with Crippen molar-refractivity contribution in [2.75, 3.05) is 5.75 Å². The van der Waals surface area contributed by atoms with Crippen molar-refractivity contribution in [1.29, 1.82) is 0 Å². The third kappa shape index (κ3) is 3.13. The number of thioether (sulfide) groups is 1. The van der Waals surface area contributed by atoms with Gasteiger partial charge in [-0.2, -0.15) is 0 Å². The van der Waals surface area contributed by atoms with Crippen LogP contribution in [0.15, 0.2) is 34.7 Å². The third-order valence-electron chi connectivity index (χ3n) is 2.75. The number of carbonyl (C=O) groups excluding carboxylic acids is 1. The Bertz CT molecular complexity index is 495. The van der Waals surface area contributed by atoms with E-state index in [1.165, 1.54) is 12.1 Å². The molecule has 1 unspecified atom stereocenters. The van der Waals surface area contributed by atoms with E-state index < -0.39 is 0 Å². The fourth-order valence-electron chi connectivity index (χ4n) is 1.99. The van der Waals surface area contributed by atoms with Gasteiger partial charge in [-0.05, 0) is 44.0 Å². The number of hydrogen-bond acceptors (Lipinski definition) is 2. The topological polar surface area (TPSA) is 29.1 Å². The van der Waals surface area contributed by atoms with Gasteiger partial charge < -0.3 is 5.32 Å². The molecule has 0 saturated carbocycles. The van der Waals surface area contributed by atoms with Gasteiger partial charge in [0, 0.05) is 16.7 Å². The molecule has 1 aliphatic rings. The highest BCUT2D eigenvalue weighted by Crippen LogP contribution is 2.36. The highest BCUT2D eigenvalue weighted by molar-refractivity contribution is 7.99. The van der Waals surface area contributed by atoms with E-state index in [1.807, 2.05) is 13.8 Å². The summed E-state index contributed by atoms with van der Waals surface area (Å²) in [4.78, 5) is 12.8. The fourth-order valence-corrected chi connectivity index (χ4v) is 3.10. The summed E-state index contributed by atoms with van der Waals surface area (Å²) >= 11 is 1.71. The average Bonchev–Trinajstić information content (AvgIpc) is 2.28. The van der Waals surface area contributed by atoms with Crippen LogP contribution in [0.25, 0.3) is 0 Å². The first-order valence-electron chi connectivity index (χ1n) is 5.94. The number of nitrogens with one attached hydrogen (secondary N) is 1. The second-order valence-corrected chi connectivity index (χ2v) is 5.74. The zero-order chi connectivity index (χ0) is 13.1. The van der Waals surface area contributed by atoms with Crippen LogP contribution in [0.2, 0.25) is 0 Å². The lowest BCUT2D eigenvalue weighted by Crippen LogP contribution is -2.29. The van der Waals surface area contributed by atoms with Gasteiger partial charge in [-0.15, -0.1) is 11.8 Å². The van der Waals surface area contributed by atoms with Gasteiger partial charge in [0.15, 0.2) is 0 Å². The maximum Gasteiger partial charge on any atom is 0.244 e. The van der Waals surface area contributed by atoms with Gasteiger partial charge in [0.25, 0.3) is 0 Å². The van der Waals surface area contributed by atoms with Gasteiger partial charge in [-0.3, -0.25) is 4.79 Å². The quantitative estimate of drug-likeness (QED) is 0.830. The van der Waals surface area contributed by atoms with E-state index in [-0.39, 0.29) is 17.8 Å². The van der Waals surface area contributed by atoms with E-state index in [0.29, 0.717) is 0 Å². The Kier molecular flexibility index (Phi) is 4.07. The number of hydrogen-bond donors (Lipinski definition) is 1. The average molecular weight is 265 g/mol. The second-order valence-electron chi connectivity index (χ2n) is 4.60. The van der Waals surface area contributed by atoms with E-state index in [2.05, 4.69) is 5.32 Å². The molecule has 1 heterocycles. The van der Waals surface area contributed by atoms with Crippen LogP contribution in [0.1, 0.15) is 31.9 Å². The van der Waals surface area contributed by atoms with Gasteiger partial charge in [0.2, 0.25) is 5.91 Å². The van der Waals surface area contributed by atoms with E-state index in [1.54, 1.807) is 23.9 Å². The summed E-state index contributed by atoms with van der Waals surface area (Å²) < 4.78 is 13.3. The minimum Gasteiger partial charge on any atom is -0.346 e. The smallest absolute Gasteiger partial charge is 0.244 e. The van der Waals surface area contributed by atoms with Gasteiger partial charge in [-0.25, -0.2) is 4.39 Å². The Balaban J connectivity index is 2.19. The number of benzene rings is 1. The zero-order valence-corrected chi connectivity index (χ0v) is 11.3. The first-order valence-corrected chi connectivity index (χ1v) is 6.92. The maximum absolute atomic E-state index is 13.3. The summed E-state index contributed by atoms with van der Waals surface area (Å²) in [6, 6.07) is 4.69. The van der Waals surface area contributed by atoms with Crippen molar-refractivity contribution in [3.63, 3.8) is 0 Å². The Morgan fingerprint density at radius 2 is 2.28 bits per heavy atom. The fraction of sp³-hybridized carbons (Fsp3) is 0.357. The minimum atomic E-state index is -0.252. The molecule has 0 saturated heterocycles. The van der Waals surface area contributed by atoms with Crippen LogP contribution in [0.3, 0.4) is 0 Å². The lowest BCUT2D eigenvalue weighted by atomic mass is 10.0. The van der Waals surface area contributed by atoms with Crippen LogP contribution in [-0.2, 0) is 4.79 Å². The van der Waals surface area contributed by atoms with Gasteiger partial charge in [-0.1, -0.05) is 5.57 Å². The van der Waals surface area contributed by atoms with Crippen molar-refractivity contribution in [2.45, 2.75) is 31.2 Å². The third-order valence-corrected chi connectivity index (χ3v) is 3.87. The molecule has 1 aromatic carbocycles. The Labute approximate surface area is 111 Å². The number of fused-ring (bicyclic) bond motifs is 1. The van der Waals surface area contributed by atoms with Crippen molar-refractivity contribution in [3.8, 4) is 0 Å². The number of allylic oxidation sites excluding steroid dienone is 1. The van der Waals surface area contributed by atoms with Crippen molar-refractivity contribution < 1.29 is 9.18 Å². The summed E-state index contributed by atoms with van der Waals surface area (Å²) in [5.74, 6) is 0.582. The number of rotatable bonds is 2. The highest BCUT2D eigenvalue weighted by Gasteiger charge is 2.22. The normalized spacial score (nSPS) is 17.8. The summed E-state index contributed by atoms with van der Waals surface area (Å²) in [5.41, 5.74) is 1.85. The number of carbonyl (C=O) groups is 1. The van der Waals surface area contributed by atoms with Crippen LogP contribution in [0.5, 0.6) is 0 Å². The molecule has 18 heavy (non-hydrogen) atoms. The van der Waals surface area contributed by atoms with E-state index in [4.69, 9.17) is 0 Å². The molecule has 1 aromatic rings. The molecule has 0 spiro atoms. The molecule has 1 aliphatic heterocycles. The molecule has 1 atom stereocenters. The number of amides is 1. The molecule has 2 rings (SSSR count). The number of halogens is 1. The molecule has 2 nitrogen and oxygen atoms in total. The SMILES string of the molecule is CC(C)=CC(=O)NC1CCSc2ccc(F)cc21. The van der Waals surface area contributed by atoms with Crippen LogP contribution in [-0.4, -0.2) is 11.7 Å². The van der Waals surface area contributed by atoms with Gasteiger partial charge in [0.05, 0.1) is 6.04 Å². The lowest BCUT2D eigenvalue weighted by Gasteiger charge is -2.25.